The van der Waals surface area contributed by atoms with Crippen LogP contribution < -0.4 is 5.32 Å². The Hall–Kier alpha value is -3.15. The number of benzene rings is 3. The fourth-order valence-corrected chi connectivity index (χ4v) is 7.10. The Labute approximate surface area is 248 Å². The van der Waals surface area contributed by atoms with Crippen molar-refractivity contribution in [3.8, 4) is 0 Å². The SMILES string of the molecule is COCC1(CO)CSc2ccccc2C1=O.COCC1(COC(=O)Nc2ccccc2)CSc2ccccc2C1=O. The molecule has 2 aliphatic rings. The predicted molar refractivity (Wildman–Crippen MR) is 160 cm³/mol. The molecule has 0 aromatic heterocycles. The van der Waals surface area contributed by atoms with Crippen molar-refractivity contribution >= 4 is 46.9 Å². The quantitative estimate of drug-likeness (QED) is 0.351. The molecule has 3 aromatic rings. The number of nitrogens with one attached hydrogen (secondary N) is 1. The zero-order chi connectivity index (χ0) is 29.3. The molecule has 10 heteroatoms. The molecule has 3 aromatic carbocycles. The van der Waals surface area contributed by atoms with Crippen LogP contribution in [0.25, 0.3) is 0 Å². The summed E-state index contributed by atoms with van der Waals surface area (Å²) in [6.07, 6.45) is -0.585. The number of methoxy groups -OCH3 is 2. The topological polar surface area (TPSA) is 111 Å². The molecule has 0 saturated carbocycles. The van der Waals surface area contributed by atoms with Crippen molar-refractivity contribution in [1.82, 2.24) is 0 Å². The highest BCUT2D eigenvalue weighted by atomic mass is 32.2. The Morgan fingerprint density at radius 2 is 1.24 bits per heavy atom. The van der Waals surface area contributed by atoms with Crippen LogP contribution in [0.3, 0.4) is 0 Å². The molecule has 0 bridgehead atoms. The van der Waals surface area contributed by atoms with Gasteiger partial charge >= 0.3 is 6.09 Å². The Balaban J connectivity index is 0.000000208. The van der Waals surface area contributed by atoms with Crippen LogP contribution in [0.2, 0.25) is 0 Å². The van der Waals surface area contributed by atoms with Gasteiger partial charge in [0.1, 0.15) is 12.0 Å². The molecule has 1 amide bonds. The lowest BCUT2D eigenvalue weighted by molar-refractivity contribution is 0.0314. The van der Waals surface area contributed by atoms with E-state index in [9.17, 15) is 19.5 Å². The highest BCUT2D eigenvalue weighted by molar-refractivity contribution is 7.99. The second kappa shape index (κ2) is 14.2. The summed E-state index contributed by atoms with van der Waals surface area (Å²) >= 11 is 3.19. The predicted octanol–water partition coefficient (Wildman–Crippen LogP) is 5.46. The lowest BCUT2D eigenvalue weighted by Gasteiger charge is -2.34. The number of carbonyl (C=O) groups excluding carboxylic acids is 3. The monoisotopic (exact) mass is 595 g/mol. The summed E-state index contributed by atoms with van der Waals surface area (Å²) < 4.78 is 15.7. The summed E-state index contributed by atoms with van der Waals surface area (Å²) in [5.74, 6) is 1.03. The van der Waals surface area contributed by atoms with Crippen LogP contribution in [0.4, 0.5) is 10.5 Å². The standard InChI is InChI=1S/C19H19NO4S.C12H14O3S/c1-23-11-19(12-24-18(22)20-14-7-3-2-4-8-14)13-25-16-10-6-5-9-15(16)17(19)21;1-15-7-12(6-13)8-16-10-5-3-2-4-9(10)11(12)14/h2-10H,11-13H2,1H3,(H,20,22);2-5,13H,6-8H2,1H3. The molecular weight excluding hydrogens is 562 g/mol. The van der Waals surface area contributed by atoms with Crippen LogP contribution in [0.5, 0.6) is 0 Å². The number of rotatable bonds is 8. The van der Waals surface area contributed by atoms with Crippen molar-refractivity contribution in [3.63, 3.8) is 0 Å². The molecule has 41 heavy (non-hydrogen) atoms. The lowest BCUT2D eigenvalue weighted by atomic mass is 9.83. The molecule has 0 fully saturated rings. The van der Waals surface area contributed by atoms with Gasteiger partial charge in [0.05, 0.1) is 25.2 Å². The van der Waals surface area contributed by atoms with E-state index in [1.54, 1.807) is 55.9 Å². The van der Waals surface area contributed by atoms with E-state index in [1.807, 2.05) is 60.7 Å². The number of anilines is 1. The van der Waals surface area contributed by atoms with Gasteiger partial charge in [0.2, 0.25) is 0 Å². The number of amides is 1. The second-order valence-electron chi connectivity index (χ2n) is 9.88. The fraction of sp³-hybridized carbons (Fsp3) is 0.323. The zero-order valence-corrected chi connectivity index (χ0v) is 24.6. The Kier molecular flexibility index (Phi) is 10.6. The van der Waals surface area contributed by atoms with E-state index in [0.717, 1.165) is 9.79 Å². The molecule has 0 spiro atoms. The molecule has 2 heterocycles. The molecule has 5 rings (SSSR count). The number of hydrogen-bond donors (Lipinski definition) is 2. The van der Waals surface area contributed by atoms with Crippen LogP contribution >= 0.6 is 23.5 Å². The van der Waals surface area contributed by atoms with E-state index < -0.39 is 16.9 Å². The number of carbonyl (C=O) groups is 3. The van der Waals surface area contributed by atoms with Gasteiger partial charge in [-0.15, -0.1) is 23.5 Å². The molecular formula is C31H33NO7S2. The second-order valence-corrected chi connectivity index (χ2v) is 11.9. The van der Waals surface area contributed by atoms with Crippen LogP contribution in [0.1, 0.15) is 20.7 Å². The Bertz CT molecular complexity index is 1370. The van der Waals surface area contributed by atoms with E-state index in [1.165, 1.54) is 0 Å². The summed E-state index contributed by atoms with van der Waals surface area (Å²) in [4.78, 5) is 39.3. The molecule has 2 aliphatic heterocycles. The van der Waals surface area contributed by atoms with Crippen LogP contribution in [-0.4, -0.2) is 74.9 Å². The molecule has 0 saturated heterocycles. The van der Waals surface area contributed by atoms with E-state index in [4.69, 9.17) is 14.2 Å². The molecule has 2 N–H and O–H groups in total. The van der Waals surface area contributed by atoms with Gasteiger partial charge in [-0.2, -0.15) is 0 Å². The van der Waals surface area contributed by atoms with E-state index in [0.29, 0.717) is 28.3 Å². The van der Waals surface area contributed by atoms with Crippen molar-refractivity contribution in [3.05, 3.63) is 90.0 Å². The largest absolute Gasteiger partial charge is 0.448 e. The molecule has 216 valence electrons. The third kappa shape index (κ3) is 7.02. The molecule has 2 unspecified atom stereocenters. The van der Waals surface area contributed by atoms with Gasteiger partial charge in [-0.05, 0) is 24.3 Å². The van der Waals surface area contributed by atoms with Gasteiger partial charge in [0.25, 0.3) is 0 Å². The van der Waals surface area contributed by atoms with Crippen molar-refractivity contribution in [2.45, 2.75) is 9.79 Å². The van der Waals surface area contributed by atoms with Crippen molar-refractivity contribution in [2.75, 3.05) is 57.5 Å². The molecule has 2 atom stereocenters. The molecule has 8 nitrogen and oxygen atoms in total. The highest BCUT2D eigenvalue weighted by Crippen LogP contribution is 2.41. The smallest absolute Gasteiger partial charge is 0.411 e. The Morgan fingerprint density at radius 1 is 0.756 bits per heavy atom. The van der Waals surface area contributed by atoms with Crippen molar-refractivity contribution < 1.29 is 33.7 Å². The average molecular weight is 596 g/mol. The van der Waals surface area contributed by atoms with Gasteiger partial charge in [0, 0.05) is 52.3 Å². The van der Waals surface area contributed by atoms with Crippen LogP contribution in [0, 0.1) is 10.8 Å². The number of ketones is 2. The summed E-state index contributed by atoms with van der Waals surface area (Å²) in [6.45, 7) is 0.274. The fourth-order valence-electron chi connectivity index (χ4n) is 4.65. The average Bonchev–Trinajstić information content (AvgIpc) is 3.01. The number of thioether (sulfide) groups is 2. The van der Waals surface area contributed by atoms with Gasteiger partial charge < -0.3 is 19.3 Å². The van der Waals surface area contributed by atoms with Gasteiger partial charge in [-0.1, -0.05) is 54.6 Å². The summed E-state index contributed by atoms with van der Waals surface area (Å²) in [5, 5.41) is 12.1. The number of Topliss-reactive ketones (excluding diaryl/α,β-unsaturated/α-hetero) is 2. The van der Waals surface area contributed by atoms with Crippen LogP contribution in [0.15, 0.2) is 88.7 Å². The minimum absolute atomic E-state index is 0.00815. The van der Waals surface area contributed by atoms with E-state index >= 15 is 0 Å². The Morgan fingerprint density at radius 3 is 1.80 bits per heavy atom. The number of fused-ring (bicyclic) bond motifs is 2. The third-order valence-electron chi connectivity index (χ3n) is 6.88. The van der Waals surface area contributed by atoms with Crippen LogP contribution in [-0.2, 0) is 14.2 Å². The first-order valence-electron chi connectivity index (χ1n) is 13.0. The van der Waals surface area contributed by atoms with Gasteiger partial charge in [0.15, 0.2) is 11.6 Å². The van der Waals surface area contributed by atoms with Crippen molar-refractivity contribution in [1.29, 1.82) is 0 Å². The molecule has 0 radical (unpaired) electrons. The minimum Gasteiger partial charge on any atom is -0.448 e. The number of aliphatic hydroxyl groups is 1. The molecule has 0 aliphatic carbocycles. The van der Waals surface area contributed by atoms with Gasteiger partial charge in [-0.25, -0.2) is 4.79 Å². The normalized spacial score (nSPS) is 21.1. The summed E-state index contributed by atoms with van der Waals surface area (Å²) in [7, 11) is 3.10. The maximum atomic E-state index is 13.0. The third-order valence-corrected chi connectivity index (χ3v) is 9.61. The highest BCUT2D eigenvalue weighted by Gasteiger charge is 2.45. The summed E-state index contributed by atoms with van der Waals surface area (Å²) in [6, 6.07) is 24.0. The number of hydrogen-bond acceptors (Lipinski definition) is 9. The van der Waals surface area contributed by atoms with Crippen molar-refractivity contribution in [2.24, 2.45) is 10.8 Å². The maximum absolute atomic E-state index is 13.0. The summed E-state index contributed by atoms with van der Waals surface area (Å²) in [5.41, 5.74) is 0.353. The number of para-hydroxylation sites is 1. The number of ether oxygens (including phenoxy) is 3. The minimum atomic E-state index is -0.873. The van der Waals surface area contributed by atoms with E-state index in [-0.39, 0.29) is 38.0 Å². The number of aliphatic hydroxyl groups excluding tert-OH is 1. The zero-order valence-electron chi connectivity index (χ0n) is 23.0. The first-order chi connectivity index (χ1) is 19.9. The van der Waals surface area contributed by atoms with Gasteiger partial charge in [-0.3, -0.25) is 14.9 Å². The first-order valence-corrected chi connectivity index (χ1v) is 15.0. The van der Waals surface area contributed by atoms with E-state index in [2.05, 4.69) is 5.32 Å². The maximum Gasteiger partial charge on any atom is 0.411 e. The lowest BCUT2D eigenvalue weighted by Crippen LogP contribution is -2.45. The first kappa shape index (κ1) is 30.8.